The van der Waals surface area contributed by atoms with Crippen LogP contribution in [0.15, 0.2) is 43.0 Å². The average molecular weight is 272 g/mol. The molecule has 7 heteroatoms. The molecule has 0 fully saturated rings. The van der Waals surface area contributed by atoms with Crippen molar-refractivity contribution in [3.63, 3.8) is 0 Å². The van der Waals surface area contributed by atoms with E-state index in [0.717, 1.165) is 0 Å². The van der Waals surface area contributed by atoms with Crippen molar-refractivity contribution in [2.24, 2.45) is 0 Å². The number of aromatic nitrogens is 2. The van der Waals surface area contributed by atoms with Gasteiger partial charge >= 0.3 is 12.0 Å². The first-order valence-electron chi connectivity index (χ1n) is 5.77. The number of carbonyl (C=O) groups excluding carboxylic acids is 1. The van der Waals surface area contributed by atoms with Crippen LogP contribution in [0.4, 0.5) is 10.5 Å². The molecule has 0 saturated heterocycles. The van der Waals surface area contributed by atoms with Crippen LogP contribution in [0.1, 0.15) is 15.9 Å². The Bertz CT molecular complexity index is 616. The average Bonchev–Trinajstić information content (AvgIpc) is 2.46. The molecule has 3 N–H and O–H groups in total. The predicted octanol–water partition coefficient (Wildman–Crippen LogP) is 1.50. The minimum atomic E-state index is -1.00. The van der Waals surface area contributed by atoms with E-state index in [1.54, 1.807) is 12.1 Å². The largest absolute Gasteiger partial charge is 0.478 e. The maximum absolute atomic E-state index is 11.6. The lowest BCUT2D eigenvalue weighted by Gasteiger charge is -2.07. The molecule has 0 unspecified atom stereocenters. The Morgan fingerprint density at radius 2 is 1.95 bits per heavy atom. The van der Waals surface area contributed by atoms with E-state index in [9.17, 15) is 9.59 Å². The second kappa shape index (κ2) is 6.28. The Balaban J connectivity index is 1.90. The lowest BCUT2D eigenvalue weighted by Crippen LogP contribution is -2.28. The van der Waals surface area contributed by atoms with E-state index in [1.165, 1.54) is 30.9 Å². The molecule has 1 aromatic carbocycles. The van der Waals surface area contributed by atoms with Crippen LogP contribution < -0.4 is 10.6 Å². The van der Waals surface area contributed by atoms with Gasteiger partial charge in [-0.15, -0.1) is 0 Å². The Morgan fingerprint density at radius 1 is 1.20 bits per heavy atom. The van der Waals surface area contributed by atoms with Crippen LogP contribution in [0.25, 0.3) is 0 Å². The number of hydrogen-bond donors (Lipinski definition) is 3. The number of amides is 2. The van der Waals surface area contributed by atoms with Crippen LogP contribution in [-0.2, 0) is 6.54 Å². The van der Waals surface area contributed by atoms with Crippen molar-refractivity contribution >= 4 is 17.7 Å². The lowest BCUT2D eigenvalue weighted by molar-refractivity contribution is 0.0696. The minimum Gasteiger partial charge on any atom is -0.478 e. The van der Waals surface area contributed by atoms with E-state index in [2.05, 4.69) is 20.6 Å². The molecule has 0 aliphatic carbocycles. The van der Waals surface area contributed by atoms with Crippen LogP contribution >= 0.6 is 0 Å². The SMILES string of the molecule is O=C(NCc1cccc(C(=O)O)c1)Nc1cncnc1. The number of benzene rings is 1. The van der Waals surface area contributed by atoms with Gasteiger partial charge in [-0.05, 0) is 17.7 Å². The molecule has 0 radical (unpaired) electrons. The van der Waals surface area contributed by atoms with Crippen molar-refractivity contribution in [3.8, 4) is 0 Å². The maximum atomic E-state index is 11.6. The summed E-state index contributed by atoms with van der Waals surface area (Å²) >= 11 is 0. The van der Waals surface area contributed by atoms with Gasteiger partial charge in [-0.3, -0.25) is 0 Å². The molecule has 0 aliphatic heterocycles. The molecule has 20 heavy (non-hydrogen) atoms. The van der Waals surface area contributed by atoms with Crippen LogP contribution in [0.2, 0.25) is 0 Å². The van der Waals surface area contributed by atoms with Gasteiger partial charge in [0.2, 0.25) is 0 Å². The molecule has 2 amide bonds. The van der Waals surface area contributed by atoms with Crippen molar-refractivity contribution in [1.29, 1.82) is 0 Å². The van der Waals surface area contributed by atoms with E-state index >= 15 is 0 Å². The molecule has 1 aromatic heterocycles. The van der Waals surface area contributed by atoms with Gasteiger partial charge in [-0.25, -0.2) is 19.6 Å². The summed E-state index contributed by atoms with van der Waals surface area (Å²) in [5, 5.41) is 14.0. The number of urea groups is 1. The monoisotopic (exact) mass is 272 g/mol. The van der Waals surface area contributed by atoms with Crippen molar-refractivity contribution in [1.82, 2.24) is 15.3 Å². The second-order valence-corrected chi connectivity index (χ2v) is 3.94. The number of aromatic carboxylic acids is 1. The van der Waals surface area contributed by atoms with E-state index in [0.29, 0.717) is 11.3 Å². The molecular weight excluding hydrogens is 260 g/mol. The van der Waals surface area contributed by atoms with Crippen molar-refractivity contribution in [2.75, 3.05) is 5.32 Å². The fourth-order valence-corrected chi connectivity index (χ4v) is 1.54. The number of anilines is 1. The number of nitrogens with one attached hydrogen (secondary N) is 2. The van der Waals surface area contributed by atoms with E-state index < -0.39 is 12.0 Å². The molecule has 0 aliphatic rings. The van der Waals surface area contributed by atoms with Crippen molar-refractivity contribution in [3.05, 3.63) is 54.1 Å². The highest BCUT2D eigenvalue weighted by Gasteiger charge is 2.05. The molecule has 102 valence electrons. The molecule has 0 atom stereocenters. The Hall–Kier alpha value is -2.96. The maximum Gasteiger partial charge on any atom is 0.335 e. The quantitative estimate of drug-likeness (QED) is 0.782. The smallest absolute Gasteiger partial charge is 0.335 e. The Kier molecular flexibility index (Phi) is 4.23. The molecule has 7 nitrogen and oxygen atoms in total. The van der Waals surface area contributed by atoms with Gasteiger partial charge < -0.3 is 15.7 Å². The van der Waals surface area contributed by atoms with Gasteiger partial charge in [-0.1, -0.05) is 12.1 Å². The fourth-order valence-electron chi connectivity index (χ4n) is 1.54. The Labute approximate surface area is 114 Å². The molecule has 2 aromatic rings. The van der Waals surface area contributed by atoms with Gasteiger partial charge in [0.25, 0.3) is 0 Å². The molecule has 0 bridgehead atoms. The van der Waals surface area contributed by atoms with Crippen LogP contribution in [0, 0.1) is 0 Å². The van der Waals surface area contributed by atoms with Crippen molar-refractivity contribution < 1.29 is 14.7 Å². The first kappa shape index (κ1) is 13.5. The number of hydrogen-bond acceptors (Lipinski definition) is 4. The topological polar surface area (TPSA) is 104 Å². The summed E-state index contributed by atoms with van der Waals surface area (Å²) in [5.41, 5.74) is 1.36. The number of carboxylic acid groups (broad SMARTS) is 1. The van der Waals surface area contributed by atoms with Gasteiger partial charge in [-0.2, -0.15) is 0 Å². The van der Waals surface area contributed by atoms with Gasteiger partial charge in [0, 0.05) is 6.54 Å². The summed E-state index contributed by atoms with van der Waals surface area (Å²) in [6.45, 7) is 0.223. The third-order valence-corrected chi connectivity index (χ3v) is 2.45. The number of rotatable bonds is 4. The third-order valence-electron chi connectivity index (χ3n) is 2.45. The highest BCUT2D eigenvalue weighted by molar-refractivity contribution is 5.89. The first-order valence-corrected chi connectivity index (χ1v) is 5.77. The highest BCUT2D eigenvalue weighted by atomic mass is 16.4. The summed E-state index contributed by atoms with van der Waals surface area (Å²) in [5.74, 6) is -1.00. The predicted molar refractivity (Wildman–Crippen MR) is 71.3 cm³/mol. The van der Waals surface area contributed by atoms with E-state index in [4.69, 9.17) is 5.11 Å². The van der Waals surface area contributed by atoms with E-state index in [1.807, 2.05) is 0 Å². The first-order chi connectivity index (χ1) is 9.65. The normalized spacial score (nSPS) is 9.80. The molecule has 0 saturated carbocycles. The standard InChI is InChI=1S/C13H12N4O3/c18-12(19)10-3-1-2-9(4-10)5-16-13(20)17-11-6-14-8-15-7-11/h1-4,6-8H,5H2,(H,18,19)(H2,16,17,20). The number of carbonyl (C=O) groups is 2. The summed E-state index contributed by atoms with van der Waals surface area (Å²) in [6, 6.07) is 5.95. The zero-order valence-corrected chi connectivity index (χ0v) is 10.4. The number of carboxylic acids is 1. The summed E-state index contributed by atoms with van der Waals surface area (Å²) in [4.78, 5) is 30.0. The zero-order valence-electron chi connectivity index (χ0n) is 10.4. The van der Waals surface area contributed by atoms with Gasteiger partial charge in [0.15, 0.2) is 0 Å². The molecule has 0 spiro atoms. The minimum absolute atomic E-state index is 0.182. The second-order valence-electron chi connectivity index (χ2n) is 3.94. The van der Waals surface area contributed by atoms with Crippen molar-refractivity contribution in [2.45, 2.75) is 6.54 Å². The van der Waals surface area contributed by atoms with Gasteiger partial charge in [0.1, 0.15) is 6.33 Å². The van der Waals surface area contributed by atoms with Crippen LogP contribution in [-0.4, -0.2) is 27.1 Å². The van der Waals surface area contributed by atoms with Crippen LogP contribution in [0.3, 0.4) is 0 Å². The number of nitrogens with zero attached hydrogens (tertiary/aromatic N) is 2. The molecule has 1 heterocycles. The van der Waals surface area contributed by atoms with Crippen LogP contribution in [0.5, 0.6) is 0 Å². The molecular formula is C13H12N4O3. The highest BCUT2D eigenvalue weighted by Crippen LogP contribution is 2.05. The summed E-state index contributed by atoms with van der Waals surface area (Å²) < 4.78 is 0. The lowest BCUT2D eigenvalue weighted by atomic mass is 10.1. The Morgan fingerprint density at radius 3 is 2.65 bits per heavy atom. The zero-order chi connectivity index (χ0) is 14.4. The third kappa shape index (κ3) is 3.77. The van der Waals surface area contributed by atoms with Gasteiger partial charge in [0.05, 0.1) is 23.6 Å². The summed E-state index contributed by atoms with van der Waals surface area (Å²) in [7, 11) is 0. The molecule has 2 rings (SSSR count). The van der Waals surface area contributed by atoms with E-state index in [-0.39, 0.29) is 12.1 Å². The fraction of sp³-hybridized carbons (Fsp3) is 0.0769. The summed E-state index contributed by atoms with van der Waals surface area (Å²) in [6.07, 6.45) is 4.30.